The van der Waals surface area contributed by atoms with Crippen molar-refractivity contribution in [1.29, 1.82) is 5.26 Å². The predicted molar refractivity (Wildman–Crippen MR) is 99.4 cm³/mol. The lowest BCUT2D eigenvalue weighted by molar-refractivity contribution is -0.385. The molecule has 0 atom stereocenters. The van der Waals surface area contributed by atoms with Gasteiger partial charge in [-0.05, 0) is 30.3 Å². The minimum absolute atomic E-state index is 0.100. The molecular weight excluding hydrogens is 394 g/mol. The smallest absolute Gasteiger partial charge is 0.312 e. The second-order valence-corrected chi connectivity index (χ2v) is 7.68. The molecule has 2 aromatic rings. The quantitative estimate of drug-likeness (QED) is 0.505. The summed E-state index contributed by atoms with van der Waals surface area (Å²) in [6.07, 6.45) is 0. The molecule has 0 spiro atoms. The highest BCUT2D eigenvalue weighted by Crippen LogP contribution is 2.37. The number of rotatable bonds is 7. The van der Waals surface area contributed by atoms with Crippen LogP contribution in [0.15, 0.2) is 41.3 Å². The summed E-state index contributed by atoms with van der Waals surface area (Å²) in [5.41, 5.74) is -0.203. The average Bonchev–Trinajstić information content (AvgIpc) is 2.64. The Hall–Kier alpha value is -2.67. The van der Waals surface area contributed by atoms with E-state index in [0.717, 1.165) is 6.07 Å². The molecule has 2 aromatic carbocycles. The maximum atomic E-state index is 12.6. The Morgan fingerprint density at radius 1 is 1.19 bits per heavy atom. The molecule has 0 amide bonds. The monoisotopic (exact) mass is 409 g/mol. The van der Waals surface area contributed by atoms with Crippen molar-refractivity contribution in [3.05, 3.63) is 57.1 Å². The van der Waals surface area contributed by atoms with Gasteiger partial charge in [0.15, 0.2) is 0 Å². The second-order valence-electron chi connectivity index (χ2n) is 5.34. The van der Waals surface area contributed by atoms with Gasteiger partial charge in [-0.25, -0.2) is 8.42 Å². The third kappa shape index (κ3) is 4.36. The summed E-state index contributed by atoms with van der Waals surface area (Å²) in [6.45, 7) is 3.84. The third-order valence-electron chi connectivity index (χ3n) is 3.75. The summed E-state index contributed by atoms with van der Waals surface area (Å²) >= 11 is 6.02. The number of nitriles is 1. The van der Waals surface area contributed by atoms with Crippen LogP contribution < -0.4 is 4.74 Å². The van der Waals surface area contributed by atoms with Gasteiger partial charge in [-0.3, -0.25) is 10.1 Å². The lowest BCUT2D eigenvalue weighted by Gasteiger charge is -2.18. The zero-order valence-corrected chi connectivity index (χ0v) is 16.1. The van der Waals surface area contributed by atoms with Crippen LogP contribution in [-0.4, -0.2) is 30.7 Å². The number of nitro benzene ring substituents is 1. The number of sulfonamides is 1. The number of hydrogen-bond acceptors (Lipinski definition) is 6. The number of hydrogen-bond donors (Lipinski definition) is 0. The first-order chi connectivity index (χ1) is 12.7. The third-order valence-corrected chi connectivity index (χ3v) is 6.09. The van der Waals surface area contributed by atoms with E-state index >= 15 is 0 Å². The van der Waals surface area contributed by atoms with Crippen LogP contribution in [0.2, 0.25) is 5.02 Å². The SMILES string of the molecule is CCN(CC)S(=O)(=O)c1ccc(Oc2ccc(C#N)cc2Cl)c([N+](=O)[O-])c1. The Kier molecular flexibility index (Phi) is 6.38. The summed E-state index contributed by atoms with van der Waals surface area (Å²) in [7, 11) is -3.85. The van der Waals surface area contributed by atoms with Gasteiger partial charge in [0.25, 0.3) is 0 Å². The lowest BCUT2D eigenvalue weighted by atomic mass is 10.2. The Bertz CT molecular complexity index is 1010. The van der Waals surface area contributed by atoms with Crippen LogP contribution in [0.25, 0.3) is 0 Å². The summed E-state index contributed by atoms with van der Waals surface area (Å²) < 4.78 is 31.8. The van der Waals surface area contributed by atoms with Gasteiger partial charge in [-0.15, -0.1) is 0 Å². The van der Waals surface area contributed by atoms with E-state index < -0.39 is 20.6 Å². The van der Waals surface area contributed by atoms with Crippen LogP contribution in [-0.2, 0) is 10.0 Å². The molecule has 8 nitrogen and oxygen atoms in total. The largest absolute Gasteiger partial charge is 0.449 e. The molecule has 0 radical (unpaired) electrons. The summed E-state index contributed by atoms with van der Waals surface area (Å²) in [4.78, 5) is 10.5. The average molecular weight is 410 g/mol. The highest BCUT2D eigenvalue weighted by Gasteiger charge is 2.26. The molecular formula is C17H16ClN3O5S. The Morgan fingerprint density at radius 2 is 1.81 bits per heavy atom. The van der Waals surface area contributed by atoms with E-state index in [0.29, 0.717) is 5.56 Å². The number of ether oxygens (including phenoxy) is 1. The molecule has 0 aliphatic carbocycles. The van der Waals surface area contributed by atoms with E-state index in [9.17, 15) is 18.5 Å². The normalized spacial score (nSPS) is 11.2. The maximum absolute atomic E-state index is 12.6. The van der Waals surface area contributed by atoms with Gasteiger partial charge in [0.05, 0.1) is 26.5 Å². The van der Waals surface area contributed by atoms with Crippen molar-refractivity contribution >= 4 is 27.3 Å². The minimum atomic E-state index is -3.85. The van der Waals surface area contributed by atoms with Crippen LogP contribution in [0.1, 0.15) is 19.4 Å². The predicted octanol–water partition coefficient (Wildman–Crippen LogP) is 3.94. The van der Waals surface area contributed by atoms with Gasteiger partial charge >= 0.3 is 5.69 Å². The van der Waals surface area contributed by atoms with Gasteiger partial charge in [-0.1, -0.05) is 25.4 Å². The molecule has 0 N–H and O–H groups in total. The Balaban J connectivity index is 2.48. The van der Waals surface area contributed by atoms with Crippen molar-refractivity contribution in [1.82, 2.24) is 4.31 Å². The van der Waals surface area contributed by atoms with Crippen LogP contribution in [0.5, 0.6) is 11.5 Å². The minimum Gasteiger partial charge on any atom is -0.449 e. The Labute approximate surface area is 161 Å². The van der Waals surface area contributed by atoms with Gasteiger partial charge < -0.3 is 4.74 Å². The van der Waals surface area contributed by atoms with E-state index in [-0.39, 0.29) is 34.5 Å². The summed E-state index contributed by atoms with van der Waals surface area (Å²) in [6, 6.07) is 9.55. The molecule has 0 aromatic heterocycles. The first-order valence-electron chi connectivity index (χ1n) is 7.90. The molecule has 0 unspecified atom stereocenters. The molecule has 10 heteroatoms. The van der Waals surface area contributed by atoms with Gasteiger partial charge in [0.2, 0.25) is 15.8 Å². The molecule has 0 aliphatic rings. The lowest BCUT2D eigenvalue weighted by Crippen LogP contribution is -2.30. The van der Waals surface area contributed by atoms with E-state index in [1.807, 2.05) is 6.07 Å². The number of halogens is 1. The van der Waals surface area contributed by atoms with Crippen LogP contribution in [0.3, 0.4) is 0 Å². The molecule has 0 bridgehead atoms. The zero-order valence-electron chi connectivity index (χ0n) is 14.5. The van der Waals surface area contributed by atoms with Crippen LogP contribution >= 0.6 is 11.6 Å². The molecule has 2 rings (SSSR count). The van der Waals surface area contributed by atoms with Crippen molar-refractivity contribution in [3.8, 4) is 17.6 Å². The topological polar surface area (TPSA) is 114 Å². The van der Waals surface area contributed by atoms with Crippen molar-refractivity contribution < 1.29 is 18.1 Å². The van der Waals surface area contributed by atoms with Crippen molar-refractivity contribution in [2.24, 2.45) is 0 Å². The van der Waals surface area contributed by atoms with Crippen LogP contribution in [0, 0.1) is 21.4 Å². The van der Waals surface area contributed by atoms with E-state index in [1.54, 1.807) is 13.8 Å². The molecule has 142 valence electrons. The maximum Gasteiger partial charge on any atom is 0.312 e. The van der Waals surface area contributed by atoms with Crippen molar-refractivity contribution in [2.45, 2.75) is 18.7 Å². The molecule has 0 saturated carbocycles. The van der Waals surface area contributed by atoms with Crippen molar-refractivity contribution in [3.63, 3.8) is 0 Å². The van der Waals surface area contributed by atoms with Crippen molar-refractivity contribution in [2.75, 3.05) is 13.1 Å². The zero-order chi connectivity index (χ0) is 20.2. The van der Waals surface area contributed by atoms with Gasteiger partial charge in [-0.2, -0.15) is 9.57 Å². The standard InChI is InChI=1S/C17H16ClN3O5S/c1-3-20(4-2)27(24,25)13-6-8-17(15(10-13)21(22)23)26-16-7-5-12(11-19)9-14(16)18/h5-10H,3-4H2,1-2H3. The van der Waals surface area contributed by atoms with Gasteiger partial charge in [0, 0.05) is 19.2 Å². The van der Waals surface area contributed by atoms with E-state index in [2.05, 4.69) is 0 Å². The number of benzene rings is 2. The fourth-order valence-electron chi connectivity index (χ4n) is 2.37. The number of nitro groups is 1. The molecule has 0 heterocycles. The van der Waals surface area contributed by atoms with Crippen LogP contribution in [0.4, 0.5) is 5.69 Å². The highest BCUT2D eigenvalue weighted by molar-refractivity contribution is 7.89. The fraction of sp³-hybridized carbons (Fsp3) is 0.235. The summed E-state index contributed by atoms with van der Waals surface area (Å²) in [5.74, 6) is -0.0526. The summed E-state index contributed by atoms with van der Waals surface area (Å²) in [5, 5.41) is 20.4. The highest BCUT2D eigenvalue weighted by atomic mass is 35.5. The second kappa shape index (κ2) is 8.35. The first kappa shape index (κ1) is 20.6. The molecule has 0 fully saturated rings. The molecule has 27 heavy (non-hydrogen) atoms. The first-order valence-corrected chi connectivity index (χ1v) is 9.72. The van der Waals surface area contributed by atoms with E-state index in [1.165, 1.54) is 34.6 Å². The Morgan fingerprint density at radius 3 is 2.33 bits per heavy atom. The fourth-order valence-corrected chi connectivity index (χ4v) is 4.07. The molecule has 0 saturated heterocycles. The van der Waals surface area contributed by atoms with Gasteiger partial charge in [0.1, 0.15) is 5.75 Å². The van der Waals surface area contributed by atoms with E-state index in [4.69, 9.17) is 21.6 Å². The number of nitrogens with zero attached hydrogens (tertiary/aromatic N) is 3. The molecule has 0 aliphatic heterocycles.